The van der Waals surface area contributed by atoms with Gasteiger partial charge in [-0.05, 0) is 26.3 Å². The van der Waals surface area contributed by atoms with Gasteiger partial charge in [0.15, 0.2) is 0 Å². The zero-order valence-corrected chi connectivity index (χ0v) is 11.7. The molecule has 0 bridgehead atoms. The average Bonchev–Trinajstić information content (AvgIpc) is 2.77. The Morgan fingerprint density at radius 1 is 1.50 bits per heavy atom. The predicted octanol–water partition coefficient (Wildman–Crippen LogP) is 0.526. The average molecular weight is 272 g/mol. The summed E-state index contributed by atoms with van der Waals surface area (Å²) in [5.41, 5.74) is 0.888. The van der Waals surface area contributed by atoms with Crippen LogP contribution in [0.2, 0.25) is 0 Å². The summed E-state index contributed by atoms with van der Waals surface area (Å²) in [4.78, 5) is 0. The number of hydrogen-bond acceptors (Lipinski definition) is 5. The monoisotopic (exact) mass is 272 g/mol. The minimum absolute atomic E-state index is 0.164. The van der Waals surface area contributed by atoms with E-state index in [0.29, 0.717) is 13.0 Å². The van der Waals surface area contributed by atoms with Crippen LogP contribution in [0.25, 0.3) is 0 Å². The molecule has 0 amide bonds. The van der Waals surface area contributed by atoms with Crippen LogP contribution < -0.4 is 5.32 Å². The molecule has 7 heteroatoms. The van der Waals surface area contributed by atoms with E-state index in [1.807, 2.05) is 17.9 Å². The molecule has 1 fully saturated rings. The fraction of sp³-hybridized carbons (Fsp3) is 0.818. The zero-order valence-electron chi connectivity index (χ0n) is 10.8. The first kappa shape index (κ1) is 13.5. The Hall–Kier alpha value is -0.950. The summed E-state index contributed by atoms with van der Waals surface area (Å²) in [6, 6.07) is 0.164. The Morgan fingerprint density at radius 3 is 2.94 bits per heavy atom. The molecular weight excluding hydrogens is 252 g/mol. The van der Waals surface area contributed by atoms with E-state index in [0.717, 1.165) is 25.0 Å². The fourth-order valence-corrected chi connectivity index (χ4v) is 3.67. The molecule has 1 saturated carbocycles. The number of hydrogen-bond donors (Lipinski definition) is 1. The highest BCUT2D eigenvalue weighted by molar-refractivity contribution is 7.91. The second kappa shape index (κ2) is 5.36. The Bertz CT molecular complexity index is 497. The SMILES string of the molecule is CNCc1cn(C2CCCC(S(C)(=O)=O)C2)nn1. The van der Waals surface area contributed by atoms with Crippen molar-refractivity contribution in [3.05, 3.63) is 11.9 Å². The zero-order chi connectivity index (χ0) is 13.2. The van der Waals surface area contributed by atoms with Crippen molar-refractivity contribution in [2.24, 2.45) is 0 Å². The highest BCUT2D eigenvalue weighted by atomic mass is 32.2. The Balaban J connectivity index is 2.08. The lowest BCUT2D eigenvalue weighted by molar-refractivity contribution is 0.324. The first-order valence-corrected chi connectivity index (χ1v) is 8.20. The van der Waals surface area contributed by atoms with Crippen molar-refractivity contribution in [2.75, 3.05) is 13.3 Å². The van der Waals surface area contributed by atoms with Crippen LogP contribution in [0.1, 0.15) is 37.4 Å². The van der Waals surface area contributed by atoms with Crippen LogP contribution in [0.5, 0.6) is 0 Å². The van der Waals surface area contributed by atoms with Gasteiger partial charge in [-0.1, -0.05) is 11.6 Å². The summed E-state index contributed by atoms with van der Waals surface area (Å²) in [5, 5.41) is 11.0. The van der Waals surface area contributed by atoms with Crippen LogP contribution in [0.3, 0.4) is 0 Å². The number of rotatable bonds is 4. The van der Waals surface area contributed by atoms with Crippen LogP contribution in [-0.4, -0.2) is 42.0 Å². The van der Waals surface area contributed by atoms with Gasteiger partial charge in [0.05, 0.1) is 23.2 Å². The smallest absolute Gasteiger partial charge is 0.150 e. The number of aromatic nitrogens is 3. The molecule has 1 aliphatic carbocycles. The van der Waals surface area contributed by atoms with Crippen molar-refractivity contribution in [3.8, 4) is 0 Å². The molecule has 1 heterocycles. The first-order valence-electron chi connectivity index (χ1n) is 6.25. The van der Waals surface area contributed by atoms with Gasteiger partial charge in [0.25, 0.3) is 0 Å². The van der Waals surface area contributed by atoms with Gasteiger partial charge in [0.1, 0.15) is 9.84 Å². The number of sulfone groups is 1. The first-order chi connectivity index (χ1) is 8.50. The molecule has 102 valence electrons. The molecule has 1 N–H and O–H groups in total. The normalized spacial score (nSPS) is 25.2. The van der Waals surface area contributed by atoms with Crippen molar-refractivity contribution in [1.82, 2.24) is 20.3 Å². The van der Waals surface area contributed by atoms with E-state index in [2.05, 4.69) is 15.6 Å². The van der Waals surface area contributed by atoms with Gasteiger partial charge in [0, 0.05) is 12.8 Å². The van der Waals surface area contributed by atoms with Crippen LogP contribution in [0.4, 0.5) is 0 Å². The van der Waals surface area contributed by atoms with Crippen molar-refractivity contribution >= 4 is 9.84 Å². The van der Waals surface area contributed by atoms with E-state index in [1.165, 1.54) is 6.26 Å². The maximum absolute atomic E-state index is 11.6. The van der Waals surface area contributed by atoms with E-state index >= 15 is 0 Å². The molecule has 1 aromatic heterocycles. The topological polar surface area (TPSA) is 76.9 Å². The second-order valence-corrected chi connectivity index (χ2v) is 7.32. The Labute approximate surface area is 108 Å². The second-order valence-electron chi connectivity index (χ2n) is 4.99. The maximum Gasteiger partial charge on any atom is 0.150 e. The molecule has 0 saturated heterocycles. The molecule has 6 nitrogen and oxygen atoms in total. The predicted molar refractivity (Wildman–Crippen MR) is 68.9 cm³/mol. The van der Waals surface area contributed by atoms with Crippen LogP contribution in [-0.2, 0) is 16.4 Å². The molecule has 0 spiro atoms. The Kier molecular flexibility index (Phi) is 4.01. The fourth-order valence-electron chi connectivity index (χ4n) is 2.50. The quantitative estimate of drug-likeness (QED) is 0.865. The molecule has 2 rings (SSSR count). The molecule has 0 aliphatic heterocycles. The summed E-state index contributed by atoms with van der Waals surface area (Å²) in [6.07, 6.45) is 6.58. The lowest BCUT2D eigenvalue weighted by atomic mass is 9.95. The molecule has 1 aliphatic rings. The van der Waals surface area contributed by atoms with Gasteiger partial charge >= 0.3 is 0 Å². The minimum Gasteiger partial charge on any atom is -0.314 e. The van der Waals surface area contributed by atoms with E-state index in [1.54, 1.807) is 0 Å². The van der Waals surface area contributed by atoms with Crippen LogP contribution in [0.15, 0.2) is 6.20 Å². The van der Waals surface area contributed by atoms with E-state index < -0.39 is 9.84 Å². The van der Waals surface area contributed by atoms with E-state index in [4.69, 9.17) is 0 Å². The van der Waals surface area contributed by atoms with Crippen LogP contribution in [0, 0.1) is 0 Å². The van der Waals surface area contributed by atoms with Gasteiger partial charge in [-0.25, -0.2) is 13.1 Å². The van der Waals surface area contributed by atoms with Crippen molar-refractivity contribution in [1.29, 1.82) is 0 Å². The summed E-state index contributed by atoms with van der Waals surface area (Å²) < 4.78 is 25.1. The summed E-state index contributed by atoms with van der Waals surface area (Å²) in [6.45, 7) is 0.683. The molecule has 18 heavy (non-hydrogen) atoms. The highest BCUT2D eigenvalue weighted by Crippen LogP contribution is 2.31. The summed E-state index contributed by atoms with van der Waals surface area (Å²) >= 11 is 0. The van der Waals surface area contributed by atoms with Crippen molar-refractivity contribution in [3.63, 3.8) is 0 Å². The van der Waals surface area contributed by atoms with Gasteiger partial charge < -0.3 is 5.32 Å². The lowest BCUT2D eigenvalue weighted by Gasteiger charge is -2.27. The molecule has 0 aromatic carbocycles. The minimum atomic E-state index is -2.94. The van der Waals surface area contributed by atoms with Gasteiger partial charge in [0.2, 0.25) is 0 Å². The molecular formula is C11H20N4O2S. The molecule has 1 aromatic rings. The Morgan fingerprint density at radius 2 is 2.28 bits per heavy atom. The highest BCUT2D eigenvalue weighted by Gasteiger charge is 2.30. The largest absolute Gasteiger partial charge is 0.314 e. The third-order valence-electron chi connectivity index (χ3n) is 3.49. The maximum atomic E-state index is 11.6. The lowest BCUT2D eigenvalue weighted by Crippen LogP contribution is -2.29. The van der Waals surface area contributed by atoms with Gasteiger partial charge in [-0.2, -0.15) is 0 Å². The van der Waals surface area contributed by atoms with Crippen LogP contribution >= 0.6 is 0 Å². The number of nitrogens with one attached hydrogen (secondary N) is 1. The third-order valence-corrected chi connectivity index (χ3v) is 5.13. The standard InChI is InChI=1S/C11H20N4O2S/c1-12-7-9-8-15(14-13-9)10-4-3-5-11(6-10)18(2,16)17/h8,10-12H,3-7H2,1-2H3. The molecule has 0 radical (unpaired) electrons. The van der Waals surface area contributed by atoms with E-state index in [9.17, 15) is 8.42 Å². The molecule has 2 unspecified atom stereocenters. The van der Waals surface area contributed by atoms with Crippen molar-refractivity contribution in [2.45, 2.75) is 43.5 Å². The van der Waals surface area contributed by atoms with Gasteiger partial charge in [-0.3, -0.25) is 0 Å². The molecule has 2 atom stereocenters. The number of nitrogens with zero attached hydrogens (tertiary/aromatic N) is 3. The van der Waals surface area contributed by atoms with E-state index in [-0.39, 0.29) is 11.3 Å². The third kappa shape index (κ3) is 3.08. The summed E-state index contributed by atoms with van der Waals surface area (Å²) in [7, 11) is -1.08. The van der Waals surface area contributed by atoms with Crippen molar-refractivity contribution < 1.29 is 8.42 Å². The van der Waals surface area contributed by atoms with Gasteiger partial charge in [-0.15, -0.1) is 5.10 Å². The summed E-state index contributed by atoms with van der Waals surface area (Å²) in [5.74, 6) is 0.